The van der Waals surface area contributed by atoms with Crippen LogP contribution in [0.4, 0.5) is 0 Å². The number of carboxylic acid groups (broad SMARTS) is 1. The first-order valence-electron chi connectivity index (χ1n) is 4.53. The van der Waals surface area contributed by atoms with Crippen LogP contribution in [0.1, 0.15) is 27.7 Å². The molecule has 2 rings (SSSR count). The minimum absolute atomic E-state index is 0.303. The van der Waals surface area contributed by atoms with Crippen LogP contribution in [0.2, 0.25) is 0 Å². The van der Waals surface area contributed by atoms with E-state index < -0.39 is 5.97 Å². The highest BCUT2D eigenvalue weighted by Crippen LogP contribution is 2.29. The van der Waals surface area contributed by atoms with Crippen molar-refractivity contribution in [2.75, 3.05) is 20.1 Å². The molecule has 0 radical (unpaired) electrons. The molecular formula is C9H12N2O2S. The van der Waals surface area contributed by atoms with E-state index in [2.05, 4.69) is 9.88 Å². The van der Waals surface area contributed by atoms with Gasteiger partial charge in [-0.05, 0) is 20.0 Å². The van der Waals surface area contributed by atoms with Gasteiger partial charge in [-0.25, -0.2) is 9.78 Å². The lowest BCUT2D eigenvalue weighted by Crippen LogP contribution is -2.14. The lowest BCUT2D eigenvalue weighted by atomic mass is 10.0. The SMILES string of the molecule is CN1CCC(c2ncsc2C(=O)O)C1. The van der Waals surface area contributed by atoms with Gasteiger partial charge in [-0.1, -0.05) is 0 Å². The van der Waals surface area contributed by atoms with E-state index in [-0.39, 0.29) is 0 Å². The molecule has 0 bridgehead atoms. The number of carboxylic acids is 1. The second-order valence-corrected chi connectivity index (χ2v) is 4.47. The Kier molecular flexibility index (Phi) is 2.52. The van der Waals surface area contributed by atoms with Crippen LogP contribution >= 0.6 is 11.3 Å². The van der Waals surface area contributed by atoms with Crippen LogP contribution in [0, 0.1) is 0 Å². The summed E-state index contributed by atoms with van der Waals surface area (Å²) in [7, 11) is 2.05. The number of carbonyl (C=O) groups is 1. The molecule has 1 saturated heterocycles. The van der Waals surface area contributed by atoms with Crippen molar-refractivity contribution < 1.29 is 9.90 Å². The van der Waals surface area contributed by atoms with Gasteiger partial charge in [0, 0.05) is 12.5 Å². The molecule has 2 heterocycles. The molecule has 1 N–H and O–H groups in total. The zero-order valence-electron chi connectivity index (χ0n) is 7.93. The van der Waals surface area contributed by atoms with Gasteiger partial charge in [0.1, 0.15) is 4.88 Å². The molecule has 1 aromatic heterocycles. The largest absolute Gasteiger partial charge is 0.477 e. The molecule has 1 atom stereocenters. The standard InChI is InChI=1S/C9H12N2O2S/c1-11-3-2-6(4-11)7-8(9(12)13)14-5-10-7/h5-6H,2-4H2,1H3,(H,12,13). The van der Waals surface area contributed by atoms with E-state index in [0.29, 0.717) is 10.8 Å². The predicted octanol–water partition coefficient (Wildman–Crippen LogP) is 1.26. The average molecular weight is 212 g/mol. The van der Waals surface area contributed by atoms with Crippen molar-refractivity contribution in [3.63, 3.8) is 0 Å². The number of aromatic carboxylic acids is 1. The first kappa shape index (κ1) is 9.61. The number of likely N-dealkylation sites (tertiary alicyclic amines) is 1. The predicted molar refractivity (Wildman–Crippen MR) is 53.9 cm³/mol. The molecule has 0 spiro atoms. The zero-order chi connectivity index (χ0) is 10.1. The Morgan fingerprint density at radius 1 is 1.79 bits per heavy atom. The Labute approximate surface area is 86.2 Å². The van der Waals surface area contributed by atoms with Gasteiger partial charge in [0.15, 0.2) is 0 Å². The number of aromatic nitrogens is 1. The van der Waals surface area contributed by atoms with Crippen molar-refractivity contribution in [2.45, 2.75) is 12.3 Å². The van der Waals surface area contributed by atoms with Crippen molar-refractivity contribution in [2.24, 2.45) is 0 Å². The van der Waals surface area contributed by atoms with Gasteiger partial charge in [-0.2, -0.15) is 0 Å². The molecule has 5 heteroatoms. The second-order valence-electron chi connectivity index (χ2n) is 3.62. The van der Waals surface area contributed by atoms with E-state index in [9.17, 15) is 4.79 Å². The van der Waals surface area contributed by atoms with Gasteiger partial charge in [0.05, 0.1) is 11.2 Å². The molecule has 1 unspecified atom stereocenters. The van der Waals surface area contributed by atoms with E-state index in [4.69, 9.17) is 5.11 Å². The van der Waals surface area contributed by atoms with Gasteiger partial charge < -0.3 is 10.0 Å². The first-order chi connectivity index (χ1) is 6.68. The molecule has 0 amide bonds. The topological polar surface area (TPSA) is 53.4 Å². The maximum Gasteiger partial charge on any atom is 0.347 e. The fraction of sp³-hybridized carbons (Fsp3) is 0.556. The molecule has 0 saturated carbocycles. The Balaban J connectivity index is 2.23. The highest BCUT2D eigenvalue weighted by molar-refractivity contribution is 7.11. The van der Waals surface area contributed by atoms with Gasteiger partial charge in [-0.3, -0.25) is 0 Å². The molecule has 1 aromatic rings. The third-order valence-electron chi connectivity index (χ3n) is 2.57. The van der Waals surface area contributed by atoms with Crippen LogP contribution in [-0.2, 0) is 0 Å². The summed E-state index contributed by atoms with van der Waals surface area (Å²) < 4.78 is 0. The maximum absolute atomic E-state index is 10.9. The molecule has 76 valence electrons. The smallest absolute Gasteiger partial charge is 0.347 e. The summed E-state index contributed by atoms with van der Waals surface area (Å²) in [5.74, 6) is -0.547. The minimum atomic E-state index is -0.850. The van der Waals surface area contributed by atoms with Gasteiger partial charge >= 0.3 is 5.97 Å². The number of rotatable bonds is 2. The number of likely N-dealkylation sites (N-methyl/N-ethyl adjacent to an activating group) is 1. The maximum atomic E-state index is 10.9. The lowest BCUT2D eigenvalue weighted by Gasteiger charge is -2.08. The normalized spacial score (nSPS) is 22.8. The number of hydrogen-bond donors (Lipinski definition) is 1. The summed E-state index contributed by atoms with van der Waals surface area (Å²) in [5, 5.41) is 8.94. The third-order valence-corrected chi connectivity index (χ3v) is 3.40. The molecule has 1 aliphatic rings. The fourth-order valence-electron chi connectivity index (χ4n) is 1.86. The number of nitrogens with zero attached hydrogens (tertiary/aromatic N) is 2. The summed E-state index contributed by atoms with van der Waals surface area (Å²) in [6, 6.07) is 0. The minimum Gasteiger partial charge on any atom is -0.477 e. The summed E-state index contributed by atoms with van der Waals surface area (Å²) in [6.45, 7) is 1.95. The van der Waals surface area contributed by atoms with E-state index in [0.717, 1.165) is 25.2 Å². The van der Waals surface area contributed by atoms with Crippen molar-refractivity contribution in [1.29, 1.82) is 0 Å². The van der Waals surface area contributed by atoms with E-state index in [1.165, 1.54) is 11.3 Å². The number of thiazole rings is 1. The molecule has 0 aromatic carbocycles. The van der Waals surface area contributed by atoms with Gasteiger partial charge in [0.2, 0.25) is 0 Å². The van der Waals surface area contributed by atoms with Gasteiger partial charge in [-0.15, -0.1) is 11.3 Å². The van der Waals surface area contributed by atoms with E-state index in [1.54, 1.807) is 5.51 Å². The van der Waals surface area contributed by atoms with Crippen LogP contribution in [0.15, 0.2) is 5.51 Å². The highest BCUT2D eigenvalue weighted by atomic mass is 32.1. The van der Waals surface area contributed by atoms with Crippen LogP contribution < -0.4 is 0 Å². The zero-order valence-corrected chi connectivity index (χ0v) is 8.75. The van der Waals surface area contributed by atoms with Crippen LogP contribution in [-0.4, -0.2) is 41.1 Å². The molecule has 1 fully saturated rings. The molecule has 14 heavy (non-hydrogen) atoms. The average Bonchev–Trinajstić information content (AvgIpc) is 2.70. The van der Waals surface area contributed by atoms with Crippen molar-refractivity contribution in [3.05, 3.63) is 16.1 Å². The van der Waals surface area contributed by atoms with Gasteiger partial charge in [0.25, 0.3) is 0 Å². The van der Waals surface area contributed by atoms with Crippen LogP contribution in [0.5, 0.6) is 0 Å². The second kappa shape index (κ2) is 3.67. The molecular weight excluding hydrogens is 200 g/mol. The summed E-state index contributed by atoms with van der Waals surface area (Å²) in [5.41, 5.74) is 2.39. The fourth-order valence-corrected chi connectivity index (χ4v) is 2.58. The lowest BCUT2D eigenvalue weighted by molar-refractivity contribution is 0.0700. The van der Waals surface area contributed by atoms with E-state index in [1.807, 2.05) is 7.05 Å². The summed E-state index contributed by atoms with van der Waals surface area (Å²) in [4.78, 5) is 17.7. The highest BCUT2D eigenvalue weighted by Gasteiger charge is 2.27. The summed E-state index contributed by atoms with van der Waals surface area (Å²) >= 11 is 1.22. The van der Waals surface area contributed by atoms with Crippen LogP contribution in [0.3, 0.4) is 0 Å². The molecule has 0 aliphatic carbocycles. The quantitative estimate of drug-likeness (QED) is 0.802. The van der Waals surface area contributed by atoms with Crippen LogP contribution in [0.25, 0.3) is 0 Å². The van der Waals surface area contributed by atoms with E-state index >= 15 is 0 Å². The van der Waals surface area contributed by atoms with Crippen molar-refractivity contribution >= 4 is 17.3 Å². The first-order valence-corrected chi connectivity index (χ1v) is 5.41. The Bertz CT molecular complexity index is 350. The Hall–Kier alpha value is -0.940. The summed E-state index contributed by atoms with van der Waals surface area (Å²) in [6.07, 6.45) is 1.01. The molecule has 4 nitrogen and oxygen atoms in total. The number of hydrogen-bond acceptors (Lipinski definition) is 4. The van der Waals surface area contributed by atoms with Crippen molar-refractivity contribution in [1.82, 2.24) is 9.88 Å². The van der Waals surface area contributed by atoms with Crippen molar-refractivity contribution in [3.8, 4) is 0 Å². The Morgan fingerprint density at radius 2 is 2.57 bits per heavy atom. The monoisotopic (exact) mass is 212 g/mol. The Morgan fingerprint density at radius 3 is 3.14 bits per heavy atom. The molecule has 1 aliphatic heterocycles. The third kappa shape index (κ3) is 1.65.